The van der Waals surface area contributed by atoms with Gasteiger partial charge in [0, 0.05) is 11.3 Å². The Kier molecular flexibility index (Phi) is 2.30. The minimum Gasteiger partial charge on any atom is -0.366 e. The van der Waals surface area contributed by atoms with Crippen LogP contribution in [0.25, 0.3) is 16.8 Å². The predicted molar refractivity (Wildman–Crippen MR) is 72.3 cm³/mol. The maximum absolute atomic E-state index is 5.63. The van der Waals surface area contributed by atoms with Crippen LogP contribution in [0, 0.1) is 13.8 Å². The normalized spacial score (nSPS) is 11.0. The molecule has 90 valence electrons. The van der Waals surface area contributed by atoms with E-state index < -0.39 is 0 Å². The zero-order chi connectivity index (χ0) is 12.7. The van der Waals surface area contributed by atoms with Crippen LogP contribution in [0.4, 0.5) is 5.95 Å². The monoisotopic (exact) mass is 238 g/mol. The van der Waals surface area contributed by atoms with Crippen molar-refractivity contribution in [2.75, 3.05) is 5.73 Å². The number of anilines is 1. The first-order valence-corrected chi connectivity index (χ1v) is 5.84. The van der Waals surface area contributed by atoms with Gasteiger partial charge in [-0.25, -0.2) is 4.52 Å². The first kappa shape index (κ1) is 10.8. The molecule has 18 heavy (non-hydrogen) atoms. The molecular formula is C14H14N4. The summed E-state index contributed by atoms with van der Waals surface area (Å²) in [7, 11) is 0. The highest BCUT2D eigenvalue weighted by molar-refractivity contribution is 5.68. The quantitative estimate of drug-likeness (QED) is 0.709. The van der Waals surface area contributed by atoms with Gasteiger partial charge in [-0.05, 0) is 31.5 Å². The van der Waals surface area contributed by atoms with Gasteiger partial charge in [-0.3, -0.25) is 0 Å². The SMILES string of the molecule is Cc1ccc(-c2ccc3nc(N)nn3c2C)cc1. The van der Waals surface area contributed by atoms with Gasteiger partial charge in [0.1, 0.15) is 0 Å². The van der Waals surface area contributed by atoms with E-state index in [0.29, 0.717) is 5.95 Å². The highest BCUT2D eigenvalue weighted by Crippen LogP contribution is 2.24. The fourth-order valence-corrected chi connectivity index (χ4v) is 2.13. The van der Waals surface area contributed by atoms with Gasteiger partial charge in [0.15, 0.2) is 5.65 Å². The minimum absolute atomic E-state index is 0.305. The van der Waals surface area contributed by atoms with Crippen LogP contribution in [0.15, 0.2) is 36.4 Å². The van der Waals surface area contributed by atoms with E-state index in [1.54, 1.807) is 4.52 Å². The number of rotatable bonds is 1. The van der Waals surface area contributed by atoms with Crippen molar-refractivity contribution in [3.05, 3.63) is 47.7 Å². The number of nitrogens with zero attached hydrogens (tertiary/aromatic N) is 3. The summed E-state index contributed by atoms with van der Waals surface area (Å²) in [6.45, 7) is 4.11. The lowest BCUT2D eigenvalue weighted by atomic mass is 10.0. The van der Waals surface area contributed by atoms with Crippen LogP contribution in [-0.4, -0.2) is 14.6 Å². The Balaban J connectivity index is 2.23. The number of fused-ring (bicyclic) bond motifs is 1. The van der Waals surface area contributed by atoms with Crippen LogP contribution < -0.4 is 5.73 Å². The number of pyridine rings is 1. The van der Waals surface area contributed by atoms with Crippen molar-refractivity contribution in [3.63, 3.8) is 0 Å². The third kappa shape index (κ3) is 1.62. The lowest BCUT2D eigenvalue weighted by Gasteiger charge is -2.07. The molecule has 0 amide bonds. The molecule has 3 aromatic rings. The molecule has 0 radical (unpaired) electrons. The van der Waals surface area contributed by atoms with E-state index in [9.17, 15) is 0 Å². The molecule has 0 saturated heterocycles. The number of hydrogen-bond donors (Lipinski definition) is 1. The van der Waals surface area contributed by atoms with Crippen molar-refractivity contribution < 1.29 is 0 Å². The lowest BCUT2D eigenvalue weighted by Crippen LogP contribution is -1.97. The molecule has 4 nitrogen and oxygen atoms in total. The van der Waals surface area contributed by atoms with Crippen molar-refractivity contribution in [1.82, 2.24) is 14.6 Å². The summed E-state index contributed by atoms with van der Waals surface area (Å²) in [4.78, 5) is 4.15. The van der Waals surface area contributed by atoms with Crippen molar-refractivity contribution in [2.24, 2.45) is 0 Å². The summed E-state index contributed by atoms with van der Waals surface area (Å²) < 4.78 is 1.78. The molecule has 0 aliphatic heterocycles. The molecule has 1 aromatic carbocycles. The highest BCUT2D eigenvalue weighted by Gasteiger charge is 2.08. The second-order valence-corrected chi connectivity index (χ2v) is 4.44. The molecule has 0 saturated carbocycles. The zero-order valence-electron chi connectivity index (χ0n) is 10.4. The Morgan fingerprint density at radius 1 is 1.00 bits per heavy atom. The van der Waals surface area contributed by atoms with Crippen LogP contribution >= 0.6 is 0 Å². The standard InChI is InChI=1S/C14H14N4/c1-9-3-5-11(6-4-9)12-7-8-13-16-14(15)17-18(13)10(12)2/h3-8H,1-2H3,(H2,15,17). The van der Waals surface area contributed by atoms with Gasteiger partial charge in [0.05, 0.1) is 0 Å². The minimum atomic E-state index is 0.305. The van der Waals surface area contributed by atoms with Gasteiger partial charge in [-0.15, -0.1) is 5.10 Å². The summed E-state index contributed by atoms with van der Waals surface area (Å²) >= 11 is 0. The van der Waals surface area contributed by atoms with Crippen molar-refractivity contribution >= 4 is 11.6 Å². The first-order valence-electron chi connectivity index (χ1n) is 5.84. The number of aryl methyl sites for hydroxylation is 2. The Hall–Kier alpha value is -2.36. The summed E-state index contributed by atoms with van der Waals surface area (Å²) in [5.74, 6) is 0.305. The molecule has 0 fully saturated rings. The van der Waals surface area contributed by atoms with E-state index in [0.717, 1.165) is 16.9 Å². The maximum atomic E-state index is 5.63. The smallest absolute Gasteiger partial charge is 0.240 e. The number of aromatic nitrogens is 3. The molecule has 4 heteroatoms. The maximum Gasteiger partial charge on any atom is 0.240 e. The predicted octanol–water partition coefficient (Wildman–Crippen LogP) is 2.60. The number of hydrogen-bond acceptors (Lipinski definition) is 3. The molecule has 2 heterocycles. The van der Waals surface area contributed by atoms with Crippen LogP contribution in [0.2, 0.25) is 0 Å². The zero-order valence-corrected chi connectivity index (χ0v) is 10.4. The Morgan fingerprint density at radius 3 is 2.44 bits per heavy atom. The second kappa shape index (κ2) is 3.84. The molecular weight excluding hydrogens is 224 g/mol. The largest absolute Gasteiger partial charge is 0.366 e. The highest BCUT2D eigenvalue weighted by atomic mass is 15.3. The average molecular weight is 238 g/mol. The Labute approximate surface area is 105 Å². The third-order valence-electron chi connectivity index (χ3n) is 3.12. The Morgan fingerprint density at radius 2 is 1.72 bits per heavy atom. The van der Waals surface area contributed by atoms with E-state index in [1.807, 2.05) is 13.0 Å². The van der Waals surface area contributed by atoms with E-state index >= 15 is 0 Å². The van der Waals surface area contributed by atoms with Crippen molar-refractivity contribution in [2.45, 2.75) is 13.8 Å². The van der Waals surface area contributed by atoms with E-state index in [1.165, 1.54) is 11.1 Å². The van der Waals surface area contributed by atoms with Crippen molar-refractivity contribution in [1.29, 1.82) is 0 Å². The van der Waals surface area contributed by atoms with E-state index in [-0.39, 0.29) is 0 Å². The third-order valence-corrected chi connectivity index (χ3v) is 3.12. The second-order valence-electron chi connectivity index (χ2n) is 4.44. The molecule has 0 aliphatic rings. The van der Waals surface area contributed by atoms with Gasteiger partial charge in [0.2, 0.25) is 5.95 Å². The fourth-order valence-electron chi connectivity index (χ4n) is 2.13. The molecule has 0 bridgehead atoms. The Bertz CT molecular complexity index is 710. The number of nitrogen functional groups attached to an aromatic ring is 1. The molecule has 0 atom stereocenters. The van der Waals surface area contributed by atoms with Crippen LogP contribution in [0.5, 0.6) is 0 Å². The molecule has 0 aliphatic carbocycles. The molecule has 0 unspecified atom stereocenters. The molecule has 0 spiro atoms. The number of nitrogens with two attached hydrogens (primary N) is 1. The van der Waals surface area contributed by atoms with Gasteiger partial charge < -0.3 is 5.73 Å². The van der Waals surface area contributed by atoms with Gasteiger partial charge in [0.25, 0.3) is 0 Å². The van der Waals surface area contributed by atoms with Crippen molar-refractivity contribution in [3.8, 4) is 11.1 Å². The average Bonchev–Trinajstić information content (AvgIpc) is 2.73. The first-order chi connectivity index (χ1) is 8.65. The topological polar surface area (TPSA) is 56.2 Å². The molecule has 3 rings (SSSR count). The van der Waals surface area contributed by atoms with Gasteiger partial charge >= 0.3 is 0 Å². The van der Waals surface area contributed by atoms with Crippen LogP contribution in [-0.2, 0) is 0 Å². The number of benzene rings is 1. The molecule has 2 N–H and O–H groups in total. The van der Waals surface area contributed by atoms with E-state index in [2.05, 4.69) is 47.3 Å². The fraction of sp³-hybridized carbons (Fsp3) is 0.143. The molecule has 2 aromatic heterocycles. The van der Waals surface area contributed by atoms with Gasteiger partial charge in [-0.2, -0.15) is 4.98 Å². The summed E-state index contributed by atoms with van der Waals surface area (Å²) in [5.41, 5.74) is 11.0. The van der Waals surface area contributed by atoms with Crippen LogP contribution in [0.1, 0.15) is 11.3 Å². The van der Waals surface area contributed by atoms with Crippen LogP contribution in [0.3, 0.4) is 0 Å². The van der Waals surface area contributed by atoms with Gasteiger partial charge in [-0.1, -0.05) is 29.8 Å². The lowest BCUT2D eigenvalue weighted by molar-refractivity contribution is 0.922. The summed E-state index contributed by atoms with van der Waals surface area (Å²) in [6, 6.07) is 12.4. The van der Waals surface area contributed by atoms with E-state index in [4.69, 9.17) is 5.73 Å². The summed E-state index contributed by atoms with van der Waals surface area (Å²) in [6.07, 6.45) is 0. The summed E-state index contributed by atoms with van der Waals surface area (Å²) in [5, 5.41) is 4.20.